The van der Waals surface area contributed by atoms with E-state index in [0.29, 0.717) is 23.4 Å². The van der Waals surface area contributed by atoms with E-state index in [1.165, 1.54) is 4.57 Å². The smallest absolute Gasteiger partial charge is 0.267 e. The number of nitrogens with one attached hydrogen (secondary N) is 1. The average molecular weight is 340 g/mol. The molecule has 25 heavy (non-hydrogen) atoms. The lowest BCUT2D eigenvalue weighted by molar-refractivity contribution is -0.121. The Hall–Kier alpha value is -2.96. The highest BCUT2D eigenvalue weighted by Crippen LogP contribution is 2.13. The van der Waals surface area contributed by atoms with Crippen LogP contribution in [0.5, 0.6) is 0 Å². The largest absolute Gasteiger partial charge is 0.354 e. The molecule has 0 bridgehead atoms. The third-order valence-electron chi connectivity index (χ3n) is 4.23. The average Bonchev–Trinajstić information content (AvgIpc) is 2.98. The Morgan fingerprint density at radius 1 is 1.28 bits per heavy atom. The van der Waals surface area contributed by atoms with Gasteiger partial charge in [0, 0.05) is 6.54 Å². The highest BCUT2D eigenvalue weighted by atomic mass is 16.5. The maximum atomic E-state index is 12.6. The van der Waals surface area contributed by atoms with E-state index in [4.69, 9.17) is 4.52 Å². The van der Waals surface area contributed by atoms with Gasteiger partial charge < -0.3 is 9.84 Å². The van der Waals surface area contributed by atoms with Gasteiger partial charge in [0.05, 0.1) is 5.69 Å². The Morgan fingerprint density at radius 2 is 2.00 bits per heavy atom. The molecule has 3 aromatic rings. The minimum atomic E-state index is -0.312. The predicted octanol–water partition coefficient (Wildman–Crippen LogP) is 1.92. The van der Waals surface area contributed by atoms with Crippen molar-refractivity contribution in [1.82, 2.24) is 20.0 Å². The van der Waals surface area contributed by atoms with Crippen molar-refractivity contribution in [1.29, 1.82) is 0 Å². The fourth-order valence-electron chi connectivity index (χ4n) is 2.72. The van der Waals surface area contributed by atoms with E-state index in [1.54, 1.807) is 13.8 Å². The molecule has 1 amide bonds. The van der Waals surface area contributed by atoms with Crippen LogP contribution < -0.4 is 10.9 Å². The van der Waals surface area contributed by atoms with Crippen molar-refractivity contribution < 1.29 is 9.32 Å². The van der Waals surface area contributed by atoms with Gasteiger partial charge in [-0.25, -0.2) is 0 Å². The van der Waals surface area contributed by atoms with Gasteiger partial charge >= 0.3 is 0 Å². The molecule has 0 fully saturated rings. The van der Waals surface area contributed by atoms with Crippen molar-refractivity contribution in [2.45, 2.75) is 33.2 Å². The van der Waals surface area contributed by atoms with Crippen LogP contribution in [0.4, 0.5) is 0 Å². The lowest BCUT2D eigenvalue weighted by atomic mass is 10.0. The molecule has 7 heteroatoms. The van der Waals surface area contributed by atoms with Crippen molar-refractivity contribution >= 4 is 17.0 Å². The van der Waals surface area contributed by atoms with Crippen LogP contribution in [-0.4, -0.2) is 27.2 Å². The highest BCUT2D eigenvalue weighted by molar-refractivity contribution is 5.77. The quantitative estimate of drug-likeness (QED) is 0.766. The monoisotopic (exact) mass is 340 g/mol. The maximum Gasteiger partial charge on any atom is 0.267 e. The second-order valence-corrected chi connectivity index (χ2v) is 6.11. The first-order valence-electron chi connectivity index (χ1n) is 8.12. The van der Waals surface area contributed by atoms with Crippen LogP contribution in [0, 0.1) is 13.8 Å². The summed E-state index contributed by atoms with van der Waals surface area (Å²) in [5.74, 6) is 0.368. The van der Waals surface area contributed by atoms with Gasteiger partial charge in [-0.05, 0) is 25.3 Å². The summed E-state index contributed by atoms with van der Waals surface area (Å²) < 4.78 is 6.37. The molecule has 0 saturated heterocycles. The number of fused-ring (bicyclic) bond motifs is 1. The van der Waals surface area contributed by atoms with Crippen LogP contribution >= 0.6 is 0 Å². The zero-order valence-electron chi connectivity index (χ0n) is 14.4. The molecule has 0 spiro atoms. The predicted molar refractivity (Wildman–Crippen MR) is 93.4 cm³/mol. The molecule has 3 rings (SSSR count). The fraction of sp³-hybridized carbons (Fsp3) is 0.333. The van der Waals surface area contributed by atoms with E-state index >= 15 is 0 Å². The minimum Gasteiger partial charge on any atom is -0.354 e. The number of amides is 1. The lowest BCUT2D eigenvalue weighted by Gasteiger charge is -2.14. The summed E-state index contributed by atoms with van der Waals surface area (Å²) >= 11 is 0. The number of carbonyl (C=O) groups is 1. The topological polar surface area (TPSA) is 90.0 Å². The summed E-state index contributed by atoms with van der Waals surface area (Å²) in [7, 11) is 0. The Bertz CT molecular complexity index is 960. The number of hydrogen-bond acceptors (Lipinski definition) is 5. The third kappa shape index (κ3) is 3.45. The molecule has 0 aliphatic rings. The first-order valence-corrected chi connectivity index (χ1v) is 8.12. The molecule has 0 aliphatic heterocycles. The number of nitrogens with zero attached hydrogens (tertiary/aromatic N) is 3. The molecule has 0 unspecified atom stereocenters. The number of hydrogen-bond donors (Lipinski definition) is 1. The van der Waals surface area contributed by atoms with E-state index < -0.39 is 0 Å². The van der Waals surface area contributed by atoms with Gasteiger partial charge in [0.25, 0.3) is 11.3 Å². The number of carbonyl (C=O) groups excluding carboxylic acids is 1. The van der Waals surface area contributed by atoms with Crippen LogP contribution in [-0.2, 0) is 11.3 Å². The van der Waals surface area contributed by atoms with Gasteiger partial charge in [-0.1, -0.05) is 42.4 Å². The summed E-state index contributed by atoms with van der Waals surface area (Å²) in [5.41, 5.74) is 1.51. The van der Waals surface area contributed by atoms with Gasteiger partial charge in [-0.2, -0.15) is 4.98 Å². The number of aryl methyl sites for hydroxylation is 2. The molecule has 2 aromatic heterocycles. The van der Waals surface area contributed by atoms with Gasteiger partial charge in [0.1, 0.15) is 17.8 Å². The van der Waals surface area contributed by atoms with Crippen LogP contribution in [0.15, 0.2) is 39.6 Å². The van der Waals surface area contributed by atoms with Crippen molar-refractivity contribution in [3.05, 3.63) is 57.8 Å². The van der Waals surface area contributed by atoms with Crippen molar-refractivity contribution in [3.8, 4) is 0 Å². The Balaban J connectivity index is 1.72. The summed E-state index contributed by atoms with van der Waals surface area (Å²) in [6.45, 7) is 5.80. The first-order chi connectivity index (χ1) is 12.0. The summed E-state index contributed by atoms with van der Waals surface area (Å²) in [4.78, 5) is 29.1. The van der Waals surface area contributed by atoms with E-state index in [2.05, 4.69) is 15.5 Å². The SMILES string of the molecule is Cc1noc2nc(C)n(CC(=O)NC[C@@H](C)c3ccccc3)c(=O)c12. The zero-order chi connectivity index (χ0) is 18.0. The van der Waals surface area contributed by atoms with Gasteiger partial charge in [-0.15, -0.1) is 0 Å². The summed E-state index contributed by atoms with van der Waals surface area (Å²) in [6.07, 6.45) is 0. The van der Waals surface area contributed by atoms with Crippen LogP contribution in [0.25, 0.3) is 11.1 Å². The Morgan fingerprint density at radius 3 is 2.72 bits per heavy atom. The highest BCUT2D eigenvalue weighted by Gasteiger charge is 2.17. The number of aromatic nitrogens is 3. The Kier molecular flexibility index (Phi) is 4.65. The lowest BCUT2D eigenvalue weighted by Crippen LogP contribution is -2.35. The van der Waals surface area contributed by atoms with Crippen LogP contribution in [0.2, 0.25) is 0 Å². The molecule has 1 aromatic carbocycles. The number of rotatable bonds is 5. The molecular formula is C18H20N4O3. The zero-order valence-corrected chi connectivity index (χ0v) is 14.4. The molecule has 0 aliphatic carbocycles. The molecule has 7 nitrogen and oxygen atoms in total. The van der Waals surface area contributed by atoms with Gasteiger partial charge in [0.15, 0.2) is 0 Å². The molecule has 130 valence electrons. The molecule has 2 heterocycles. The second-order valence-electron chi connectivity index (χ2n) is 6.11. The van der Waals surface area contributed by atoms with Gasteiger partial charge in [0.2, 0.25) is 5.91 Å². The molecule has 1 atom stereocenters. The minimum absolute atomic E-state index is 0.0836. The first kappa shape index (κ1) is 16.9. The van der Waals surface area contributed by atoms with Crippen molar-refractivity contribution in [2.24, 2.45) is 0 Å². The number of benzene rings is 1. The molecule has 0 radical (unpaired) electrons. The van der Waals surface area contributed by atoms with Crippen molar-refractivity contribution in [2.75, 3.05) is 6.54 Å². The Labute approximate surface area is 144 Å². The van der Waals surface area contributed by atoms with Gasteiger partial charge in [-0.3, -0.25) is 14.2 Å². The van der Waals surface area contributed by atoms with Crippen LogP contribution in [0.1, 0.15) is 29.9 Å². The van der Waals surface area contributed by atoms with E-state index in [0.717, 1.165) is 5.56 Å². The summed E-state index contributed by atoms with van der Waals surface area (Å²) in [5, 5.41) is 6.95. The normalized spacial score (nSPS) is 12.3. The van der Waals surface area contributed by atoms with Crippen molar-refractivity contribution in [3.63, 3.8) is 0 Å². The maximum absolute atomic E-state index is 12.6. The van der Waals surface area contributed by atoms with E-state index in [1.807, 2.05) is 37.3 Å². The molecule has 0 saturated carbocycles. The van der Waals surface area contributed by atoms with E-state index in [-0.39, 0.29) is 29.6 Å². The standard InChI is InChI=1S/C18H20N4O3/c1-11(14-7-5-4-6-8-14)9-19-15(23)10-22-13(3)20-17-16(18(22)24)12(2)21-25-17/h4-8,11H,9-10H2,1-3H3,(H,19,23)/t11-/m1/s1. The molecule has 1 N–H and O–H groups in total. The van der Waals surface area contributed by atoms with Crippen LogP contribution in [0.3, 0.4) is 0 Å². The fourth-order valence-corrected chi connectivity index (χ4v) is 2.72. The summed E-state index contributed by atoms with van der Waals surface area (Å²) in [6, 6.07) is 9.95. The third-order valence-corrected chi connectivity index (χ3v) is 4.23. The second kappa shape index (κ2) is 6.88. The van der Waals surface area contributed by atoms with E-state index in [9.17, 15) is 9.59 Å². The molecular weight excluding hydrogens is 320 g/mol.